The third-order valence-corrected chi connectivity index (χ3v) is 4.40. The van der Waals surface area contributed by atoms with Gasteiger partial charge < -0.3 is 19.1 Å². The van der Waals surface area contributed by atoms with Crippen LogP contribution in [-0.4, -0.2) is 47.5 Å². The number of nitrogens with zero attached hydrogens (tertiary/aromatic N) is 3. The average Bonchev–Trinajstić information content (AvgIpc) is 2.69. The fourth-order valence-electron chi connectivity index (χ4n) is 3.22. The Labute approximate surface area is 177 Å². The SMILES string of the molecule is CCOc1ccccc1O[C@@H]1CCCN(c2cncc(NC(=O)OC(C)(C)C)n2)C1. The third kappa shape index (κ3) is 6.23. The van der Waals surface area contributed by atoms with Gasteiger partial charge in [0, 0.05) is 6.54 Å². The molecule has 30 heavy (non-hydrogen) atoms. The summed E-state index contributed by atoms with van der Waals surface area (Å²) in [5.41, 5.74) is -0.579. The van der Waals surface area contributed by atoms with Gasteiger partial charge >= 0.3 is 6.09 Å². The van der Waals surface area contributed by atoms with E-state index < -0.39 is 11.7 Å². The van der Waals surface area contributed by atoms with Crippen LogP contribution in [0.15, 0.2) is 36.7 Å². The van der Waals surface area contributed by atoms with Gasteiger partial charge in [-0.1, -0.05) is 12.1 Å². The highest BCUT2D eigenvalue weighted by Gasteiger charge is 2.24. The second-order valence-corrected chi connectivity index (χ2v) is 8.10. The van der Waals surface area contributed by atoms with Crippen molar-refractivity contribution < 1.29 is 19.0 Å². The van der Waals surface area contributed by atoms with E-state index in [9.17, 15) is 4.79 Å². The number of anilines is 2. The molecule has 2 heterocycles. The van der Waals surface area contributed by atoms with Crippen molar-refractivity contribution in [3.8, 4) is 11.5 Å². The van der Waals surface area contributed by atoms with Crippen LogP contribution in [-0.2, 0) is 4.74 Å². The molecule has 0 aliphatic carbocycles. The largest absolute Gasteiger partial charge is 0.490 e. The Kier molecular flexibility index (Phi) is 6.97. The number of aromatic nitrogens is 2. The summed E-state index contributed by atoms with van der Waals surface area (Å²) in [5.74, 6) is 2.54. The molecule has 0 spiro atoms. The molecule has 0 bridgehead atoms. The number of amides is 1. The first-order valence-electron chi connectivity index (χ1n) is 10.3. The summed E-state index contributed by atoms with van der Waals surface area (Å²) >= 11 is 0. The Morgan fingerprint density at radius 1 is 1.23 bits per heavy atom. The molecule has 0 saturated carbocycles. The van der Waals surface area contributed by atoms with Crippen LogP contribution in [0.4, 0.5) is 16.4 Å². The smallest absolute Gasteiger partial charge is 0.413 e. The van der Waals surface area contributed by atoms with Gasteiger partial charge in [0.15, 0.2) is 17.3 Å². The molecule has 1 aromatic heterocycles. The highest BCUT2D eigenvalue weighted by molar-refractivity contribution is 5.83. The number of hydrogen-bond acceptors (Lipinski definition) is 7. The topological polar surface area (TPSA) is 85.8 Å². The predicted molar refractivity (Wildman–Crippen MR) is 115 cm³/mol. The molecule has 1 saturated heterocycles. The van der Waals surface area contributed by atoms with Crippen LogP contribution in [0.5, 0.6) is 11.5 Å². The van der Waals surface area contributed by atoms with Crippen LogP contribution in [0, 0.1) is 0 Å². The van der Waals surface area contributed by atoms with Gasteiger partial charge in [0.2, 0.25) is 0 Å². The van der Waals surface area contributed by atoms with Crippen LogP contribution in [0.2, 0.25) is 0 Å². The predicted octanol–water partition coefficient (Wildman–Crippen LogP) is 4.27. The molecule has 1 fully saturated rings. The molecule has 3 rings (SSSR count). The minimum Gasteiger partial charge on any atom is -0.490 e. The summed E-state index contributed by atoms with van der Waals surface area (Å²) < 4.78 is 17.2. The van der Waals surface area contributed by atoms with Gasteiger partial charge in [-0.15, -0.1) is 0 Å². The van der Waals surface area contributed by atoms with Crippen molar-refractivity contribution in [3.63, 3.8) is 0 Å². The van der Waals surface area contributed by atoms with Crippen LogP contribution < -0.4 is 19.7 Å². The van der Waals surface area contributed by atoms with Crippen LogP contribution in [0.25, 0.3) is 0 Å². The second kappa shape index (κ2) is 9.65. The molecule has 1 N–H and O–H groups in total. The van der Waals surface area contributed by atoms with Crippen LogP contribution in [0.3, 0.4) is 0 Å². The van der Waals surface area contributed by atoms with E-state index in [0.29, 0.717) is 24.8 Å². The number of rotatable bonds is 6. The Balaban J connectivity index is 1.65. The Hall–Kier alpha value is -3.03. The lowest BCUT2D eigenvalue weighted by molar-refractivity contribution is 0.0635. The maximum Gasteiger partial charge on any atom is 0.413 e. The Morgan fingerprint density at radius 3 is 2.73 bits per heavy atom. The summed E-state index contributed by atoms with van der Waals surface area (Å²) in [7, 11) is 0. The van der Waals surface area contributed by atoms with E-state index in [1.54, 1.807) is 6.20 Å². The zero-order valence-electron chi connectivity index (χ0n) is 18.1. The minimum absolute atomic E-state index is 0.00428. The van der Waals surface area contributed by atoms with E-state index in [1.807, 2.05) is 52.0 Å². The van der Waals surface area contributed by atoms with E-state index in [-0.39, 0.29) is 6.10 Å². The van der Waals surface area contributed by atoms with Crippen molar-refractivity contribution in [1.82, 2.24) is 9.97 Å². The van der Waals surface area contributed by atoms with Gasteiger partial charge in [0.25, 0.3) is 0 Å². The summed E-state index contributed by atoms with van der Waals surface area (Å²) in [6, 6.07) is 7.71. The lowest BCUT2D eigenvalue weighted by Gasteiger charge is -2.33. The summed E-state index contributed by atoms with van der Waals surface area (Å²) in [5, 5.41) is 2.64. The minimum atomic E-state index is -0.579. The molecule has 0 unspecified atom stereocenters. The van der Waals surface area contributed by atoms with Gasteiger partial charge in [0.1, 0.15) is 17.5 Å². The van der Waals surface area contributed by atoms with E-state index in [2.05, 4.69) is 20.2 Å². The maximum atomic E-state index is 12.0. The van der Waals surface area contributed by atoms with Gasteiger partial charge in [-0.25, -0.2) is 9.78 Å². The van der Waals surface area contributed by atoms with Crippen molar-refractivity contribution in [2.24, 2.45) is 0 Å². The van der Waals surface area contributed by atoms with Crippen molar-refractivity contribution in [2.45, 2.75) is 52.2 Å². The average molecular weight is 415 g/mol. The molecule has 1 amide bonds. The Bertz CT molecular complexity index is 853. The molecule has 2 aromatic rings. The fourth-order valence-corrected chi connectivity index (χ4v) is 3.22. The lowest BCUT2D eigenvalue weighted by Crippen LogP contribution is -2.41. The number of nitrogens with one attached hydrogen (secondary N) is 1. The number of benzene rings is 1. The van der Waals surface area contributed by atoms with E-state index >= 15 is 0 Å². The highest BCUT2D eigenvalue weighted by Crippen LogP contribution is 2.30. The molecule has 8 heteroatoms. The first kappa shape index (κ1) is 21.7. The van der Waals surface area contributed by atoms with Gasteiger partial charge in [-0.3, -0.25) is 10.3 Å². The fraction of sp³-hybridized carbons (Fsp3) is 0.500. The van der Waals surface area contributed by atoms with E-state index in [4.69, 9.17) is 14.2 Å². The first-order valence-corrected chi connectivity index (χ1v) is 10.3. The van der Waals surface area contributed by atoms with Gasteiger partial charge in [-0.05, 0) is 52.7 Å². The van der Waals surface area contributed by atoms with E-state index in [0.717, 1.165) is 30.9 Å². The van der Waals surface area contributed by atoms with Gasteiger partial charge in [-0.2, -0.15) is 0 Å². The molecule has 1 aromatic carbocycles. The Morgan fingerprint density at radius 2 is 2.00 bits per heavy atom. The van der Waals surface area contributed by atoms with E-state index in [1.165, 1.54) is 6.20 Å². The first-order chi connectivity index (χ1) is 14.3. The number of carbonyl (C=O) groups excluding carboxylic acids is 1. The standard InChI is InChI=1S/C22H30N4O4/c1-5-28-17-10-6-7-11-18(17)29-16-9-8-12-26(15-16)20-14-23-13-19(24-20)25-21(27)30-22(2,3)4/h6-7,10-11,13-14,16H,5,8-9,12,15H2,1-4H3,(H,24,25,27)/t16-/m1/s1. The van der Waals surface area contributed by atoms with Crippen molar-refractivity contribution in [2.75, 3.05) is 29.9 Å². The molecular weight excluding hydrogens is 384 g/mol. The van der Waals surface area contributed by atoms with Crippen molar-refractivity contribution in [1.29, 1.82) is 0 Å². The molecule has 8 nitrogen and oxygen atoms in total. The molecule has 1 aliphatic heterocycles. The quantitative estimate of drug-likeness (QED) is 0.755. The van der Waals surface area contributed by atoms with Gasteiger partial charge in [0.05, 0.1) is 25.5 Å². The normalized spacial score (nSPS) is 16.7. The number of piperidine rings is 1. The molecule has 162 valence electrons. The maximum absolute atomic E-state index is 12.0. The number of ether oxygens (including phenoxy) is 3. The lowest BCUT2D eigenvalue weighted by atomic mass is 10.1. The number of para-hydroxylation sites is 2. The van der Waals surface area contributed by atoms with Crippen LogP contribution in [0.1, 0.15) is 40.5 Å². The summed E-state index contributed by atoms with van der Waals surface area (Å²) in [4.78, 5) is 22.9. The monoisotopic (exact) mass is 414 g/mol. The summed E-state index contributed by atoms with van der Waals surface area (Å²) in [6.07, 6.45) is 4.55. The zero-order valence-corrected chi connectivity index (χ0v) is 18.1. The van der Waals surface area contributed by atoms with Crippen LogP contribution >= 0.6 is 0 Å². The molecular formula is C22H30N4O4. The number of hydrogen-bond donors (Lipinski definition) is 1. The zero-order chi connectivity index (χ0) is 21.6. The number of carbonyl (C=O) groups is 1. The molecule has 1 aliphatic rings. The van der Waals surface area contributed by atoms with Crippen molar-refractivity contribution >= 4 is 17.7 Å². The highest BCUT2D eigenvalue weighted by atomic mass is 16.6. The molecule has 0 radical (unpaired) electrons. The molecule has 1 atom stereocenters. The summed E-state index contributed by atoms with van der Waals surface area (Å²) in [6.45, 7) is 9.49. The second-order valence-electron chi connectivity index (χ2n) is 8.10. The third-order valence-electron chi connectivity index (χ3n) is 4.40. The van der Waals surface area contributed by atoms with Crippen molar-refractivity contribution in [3.05, 3.63) is 36.7 Å².